The third-order valence-electron chi connectivity index (χ3n) is 3.23. The van der Waals surface area contributed by atoms with E-state index < -0.39 is 0 Å². The summed E-state index contributed by atoms with van der Waals surface area (Å²) in [6, 6.07) is 14.0. The zero-order chi connectivity index (χ0) is 13.8. The summed E-state index contributed by atoms with van der Waals surface area (Å²) in [5, 5.41) is 3.40. The first kappa shape index (κ1) is 12.7. The van der Waals surface area contributed by atoms with Crippen LogP contribution >= 0.6 is 0 Å². The lowest BCUT2D eigenvalue weighted by molar-refractivity contribution is 0.407. The first-order valence-corrected chi connectivity index (χ1v) is 6.62. The van der Waals surface area contributed by atoms with Crippen molar-refractivity contribution in [1.82, 2.24) is 14.7 Å². The van der Waals surface area contributed by atoms with E-state index in [9.17, 15) is 0 Å². The van der Waals surface area contributed by atoms with Crippen LogP contribution in [-0.4, -0.2) is 16.5 Å². The molecule has 0 spiro atoms. The van der Waals surface area contributed by atoms with Crippen LogP contribution < -0.4 is 10.1 Å². The van der Waals surface area contributed by atoms with Crippen LogP contribution in [0.1, 0.15) is 11.3 Å². The Labute approximate surface area is 118 Å². The van der Waals surface area contributed by atoms with Crippen molar-refractivity contribution in [1.29, 1.82) is 0 Å². The molecule has 1 aromatic carbocycles. The molecule has 4 heteroatoms. The van der Waals surface area contributed by atoms with Gasteiger partial charge in [0.05, 0.1) is 12.8 Å². The molecule has 102 valence electrons. The average molecular weight is 267 g/mol. The first-order chi connectivity index (χ1) is 9.86. The molecular weight excluding hydrogens is 250 g/mol. The lowest BCUT2D eigenvalue weighted by atomic mass is 10.2. The van der Waals surface area contributed by atoms with Crippen molar-refractivity contribution in [3.63, 3.8) is 0 Å². The molecule has 0 amide bonds. The van der Waals surface area contributed by atoms with Crippen LogP contribution in [-0.2, 0) is 13.1 Å². The van der Waals surface area contributed by atoms with Gasteiger partial charge in [0.15, 0.2) is 0 Å². The highest BCUT2D eigenvalue weighted by molar-refractivity contribution is 5.39. The Balaban J connectivity index is 1.65. The Morgan fingerprint density at radius 3 is 2.80 bits per heavy atom. The molecule has 3 rings (SSSR count). The molecule has 0 atom stereocenters. The van der Waals surface area contributed by atoms with Gasteiger partial charge in [-0.25, -0.2) is 4.98 Å². The topological polar surface area (TPSA) is 38.6 Å². The fourth-order valence-electron chi connectivity index (χ4n) is 2.25. The molecule has 0 aliphatic carbocycles. The number of hydrogen-bond acceptors (Lipinski definition) is 3. The highest BCUT2D eigenvalue weighted by Crippen LogP contribution is 2.16. The van der Waals surface area contributed by atoms with Crippen LogP contribution in [0, 0.1) is 0 Å². The van der Waals surface area contributed by atoms with Gasteiger partial charge in [-0.05, 0) is 18.2 Å². The second-order valence-electron chi connectivity index (χ2n) is 4.61. The van der Waals surface area contributed by atoms with Crippen LogP contribution in [0.25, 0.3) is 5.65 Å². The Morgan fingerprint density at radius 1 is 1.10 bits per heavy atom. The van der Waals surface area contributed by atoms with Crippen molar-refractivity contribution in [3.05, 3.63) is 66.1 Å². The molecule has 0 radical (unpaired) electrons. The predicted molar refractivity (Wildman–Crippen MR) is 78.7 cm³/mol. The predicted octanol–water partition coefficient (Wildman–Crippen LogP) is 2.63. The lowest BCUT2D eigenvalue weighted by Crippen LogP contribution is -2.13. The molecule has 0 bridgehead atoms. The minimum atomic E-state index is 0.736. The molecule has 3 aromatic rings. The largest absolute Gasteiger partial charge is 0.496 e. The van der Waals surface area contributed by atoms with E-state index in [1.54, 1.807) is 7.11 Å². The van der Waals surface area contributed by atoms with Crippen molar-refractivity contribution < 1.29 is 4.74 Å². The molecular formula is C16H17N3O. The molecule has 4 nitrogen and oxygen atoms in total. The van der Waals surface area contributed by atoms with Crippen LogP contribution in [0.5, 0.6) is 5.75 Å². The van der Waals surface area contributed by atoms with Crippen molar-refractivity contribution >= 4 is 5.65 Å². The number of nitrogens with zero attached hydrogens (tertiary/aromatic N) is 2. The van der Waals surface area contributed by atoms with Crippen molar-refractivity contribution in [2.24, 2.45) is 0 Å². The number of nitrogens with one attached hydrogen (secondary N) is 1. The Hall–Kier alpha value is -2.33. The average Bonchev–Trinajstić information content (AvgIpc) is 2.90. The number of hydrogen-bond donors (Lipinski definition) is 1. The number of pyridine rings is 1. The summed E-state index contributed by atoms with van der Waals surface area (Å²) in [6.07, 6.45) is 4.05. The van der Waals surface area contributed by atoms with Gasteiger partial charge in [0.2, 0.25) is 0 Å². The number of fused-ring (bicyclic) bond motifs is 1. The highest BCUT2D eigenvalue weighted by atomic mass is 16.5. The molecule has 2 heterocycles. The third-order valence-corrected chi connectivity index (χ3v) is 3.23. The molecule has 2 aromatic heterocycles. The fraction of sp³-hybridized carbons (Fsp3) is 0.188. The molecule has 0 saturated heterocycles. The number of para-hydroxylation sites is 1. The van der Waals surface area contributed by atoms with Gasteiger partial charge in [0.1, 0.15) is 11.4 Å². The van der Waals surface area contributed by atoms with E-state index in [-0.39, 0.29) is 0 Å². The number of methoxy groups -OCH3 is 1. The van der Waals surface area contributed by atoms with E-state index in [4.69, 9.17) is 4.74 Å². The molecule has 20 heavy (non-hydrogen) atoms. The Kier molecular flexibility index (Phi) is 3.65. The van der Waals surface area contributed by atoms with Crippen LogP contribution in [0.2, 0.25) is 0 Å². The van der Waals surface area contributed by atoms with Crippen molar-refractivity contribution in [2.45, 2.75) is 13.1 Å². The van der Waals surface area contributed by atoms with Crippen LogP contribution in [0.3, 0.4) is 0 Å². The van der Waals surface area contributed by atoms with Gasteiger partial charge < -0.3 is 14.5 Å². The zero-order valence-electron chi connectivity index (χ0n) is 11.4. The van der Waals surface area contributed by atoms with E-state index in [2.05, 4.69) is 16.4 Å². The normalized spacial score (nSPS) is 10.8. The van der Waals surface area contributed by atoms with Gasteiger partial charge in [-0.2, -0.15) is 0 Å². The summed E-state index contributed by atoms with van der Waals surface area (Å²) >= 11 is 0. The van der Waals surface area contributed by atoms with Gasteiger partial charge in [0, 0.05) is 31.0 Å². The highest BCUT2D eigenvalue weighted by Gasteiger charge is 2.03. The van der Waals surface area contributed by atoms with E-state index in [0.717, 1.165) is 35.7 Å². The smallest absolute Gasteiger partial charge is 0.137 e. The molecule has 0 unspecified atom stereocenters. The van der Waals surface area contributed by atoms with E-state index in [1.165, 1.54) is 0 Å². The van der Waals surface area contributed by atoms with Crippen molar-refractivity contribution in [3.8, 4) is 5.75 Å². The summed E-state index contributed by atoms with van der Waals surface area (Å²) in [5.74, 6) is 0.912. The van der Waals surface area contributed by atoms with E-state index in [0.29, 0.717) is 0 Å². The summed E-state index contributed by atoms with van der Waals surface area (Å²) in [6.45, 7) is 1.50. The monoisotopic (exact) mass is 267 g/mol. The van der Waals surface area contributed by atoms with Gasteiger partial charge in [-0.15, -0.1) is 0 Å². The number of ether oxygens (including phenoxy) is 1. The summed E-state index contributed by atoms with van der Waals surface area (Å²) in [4.78, 5) is 4.56. The summed E-state index contributed by atoms with van der Waals surface area (Å²) in [5.41, 5.74) is 3.16. The van der Waals surface area contributed by atoms with Gasteiger partial charge in [-0.3, -0.25) is 0 Å². The van der Waals surface area contributed by atoms with E-state index in [1.807, 2.05) is 53.2 Å². The number of imidazole rings is 1. The molecule has 0 aliphatic heterocycles. The second-order valence-corrected chi connectivity index (χ2v) is 4.61. The third kappa shape index (κ3) is 2.65. The van der Waals surface area contributed by atoms with E-state index >= 15 is 0 Å². The molecule has 0 saturated carbocycles. The van der Waals surface area contributed by atoms with Crippen LogP contribution in [0.4, 0.5) is 0 Å². The quantitative estimate of drug-likeness (QED) is 0.772. The van der Waals surface area contributed by atoms with Gasteiger partial charge in [0.25, 0.3) is 0 Å². The van der Waals surface area contributed by atoms with Crippen LogP contribution in [0.15, 0.2) is 54.9 Å². The Bertz CT molecular complexity index is 673. The summed E-state index contributed by atoms with van der Waals surface area (Å²) in [7, 11) is 1.70. The molecule has 0 aliphatic rings. The second kappa shape index (κ2) is 5.75. The minimum absolute atomic E-state index is 0.736. The maximum atomic E-state index is 5.34. The standard InChI is InChI=1S/C16H17N3O/c1-20-15-7-3-2-6-13(15)10-17-11-14-12-19-9-5-4-8-16(19)18-14/h2-9,12,17H,10-11H2,1H3. The molecule has 1 N–H and O–H groups in total. The maximum absolute atomic E-state index is 5.34. The minimum Gasteiger partial charge on any atom is -0.496 e. The number of benzene rings is 1. The first-order valence-electron chi connectivity index (χ1n) is 6.62. The maximum Gasteiger partial charge on any atom is 0.137 e. The Morgan fingerprint density at radius 2 is 1.95 bits per heavy atom. The molecule has 0 fully saturated rings. The number of rotatable bonds is 5. The summed E-state index contributed by atoms with van der Waals surface area (Å²) < 4.78 is 7.36. The lowest BCUT2D eigenvalue weighted by Gasteiger charge is -2.08. The van der Waals surface area contributed by atoms with Gasteiger partial charge in [-0.1, -0.05) is 24.3 Å². The fourth-order valence-corrected chi connectivity index (χ4v) is 2.25. The SMILES string of the molecule is COc1ccccc1CNCc1cn2ccccc2n1. The number of aromatic nitrogens is 2. The zero-order valence-corrected chi connectivity index (χ0v) is 11.4. The van der Waals surface area contributed by atoms with Crippen molar-refractivity contribution in [2.75, 3.05) is 7.11 Å². The van der Waals surface area contributed by atoms with Gasteiger partial charge >= 0.3 is 0 Å².